The first-order chi connectivity index (χ1) is 8.96. The highest BCUT2D eigenvalue weighted by Crippen LogP contribution is 2.02. The molecule has 2 aromatic rings. The molecule has 0 aliphatic carbocycles. The van der Waals surface area contributed by atoms with Crippen molar-refractivity contribution in [3.8, 4) is 0 Å². The Morgan fingerprint density at radius 2 is 2.33 bits per heavy atom. The summed E-state index contributed by atoms with van der Waals surface area (Å²) in [7, 11) is 1.46. The van der Waals surface area contributed by atoms with Gasteiger partial charge >= 0.3 is 5.69 Å². The molecule has 0 aliphatic rings. The SMILES string of the molecule is [2H]C([2H])([2H])n1c(=O)n(C([2H])([2H])C)c(=O)c2c1ncn2C. The lowest BCUT2D eigenvalue weighted by atomic mass is 10.5. The zero-order chi connectivity index (χ0) is 15.5. The van der Waals surface area contributed by atoms with Gasteiger partial charge in [-0.2, -0.15) is 0 Å². The van der Waals surface area contributed by atoms with Gasteiger partial charge in [0.1, 0.15) is 0 Å². The van der Waals surface area contributed by atoms with Crippen LogP contribution in [0.2, 0.25) is 0 Å². The minimum atomic E-state index is -2.87. The molecule has 0 aromatic carbocycles. The van der Waals surface area contributed by atoms with E-state index >= 15 is 0 Å². The molecule has 0 aliphatic heterocycles. The highest BCUT2D eigenvalue weighted by Gasteiger charge is 2.12. The number of imidazole rings is 1. The van der Waals surface area contributed by atoms with Crippen molar-refractivity contribution in [2.24, 2.45) is 14.0 Å². The molecule has 0 bridgehead atoms. The number of hydrogen-bond donors (Lipinski definition) is 0. The standard InChI is InChI=1S/C9H12N4O2/c1-4-13-8(14)6-7(10-5-11(6)2)12(3)9(13)15/h5H,4H2,1-3H3/i3D3,4D2. The van der Waals surface area contributed by atoms with E-state index in [-0.39, 0.29) is 15.7 Å². The van der Waals surface area contributed by atoms with Crippen molar-refractivity contribution in [1.82, 2.24) is 18.7 Å². The molecule has 0 radical (unpaired) electrons. The fraction of sp³-hybridized carbons (Fsp3) is 0.444. The highest BCUT2D eigenvalue weighted by atomic mass is 16.2. The van der Waals surface area contributed by atoms with Gasteiger partial charge in [0.15, 0.2) is 11.2 Å². The van der Waals surface area contributed by atoms with Crippen LogP contribution in [0.15, 0.2) is 15.9 Å². The molecule has 2 heterocycles. The van der Waals surface area contributed by atoms with Gasteiger partial charge in [-0.25, -0.2) is 9.78 Å². The quantitative estimate of drug-likeness (QED) is 0.638. The molecule has 0 atom stereocenters. The first kappa shape index (κ1) is 5.29. The van der Waals surface area contributed by atoms with Crippen molar-refractivity contribution < 1.29 is 6.85 Å². The fourth-order valence-corrected chi connectivity index (χ4v) is 1.41. The van der Waals surface area contributed by atoms with Gasteiger partial charge in [-0.15, -0.1) is 0 Å². The van der Waals surface area contributed by atoms with Crippen molar-refractivity contribution >= 4 is 11.2 Å². The maximum absolute atomic E-state index is 12.2. The van der Waals surface area contributed by atoms with Crippen molar-refractivity contribution in [1.29, 1.82) is 0 Å². The molecule has 0 amide bonds. The zero-order valence-electron chi connectivity index (χ0n) is 13.2. The molecule has 80 valence electrons. The van der Waals surface area contributed by atoms with Crippen LogP contribution in [0.25, 0.3) is 11.2 Å². The third-order valence-electron chi connectivity index (χ3n) is 2.14. The van der Waals surface area contributed by atoms with E-state index in [1.165, 1.54) is 17.9 Å². The van der Waals surface area contributed by atoms with Crippen LogP contribution in [0.1, 0.15) is 13.8 Å². The molecule has 2 rings (SSSR count). The van der Waals surface area contributed by atoms with Crippen LogP contribution in [0, 0.1) is 0 Å². The summed E-state index contributed by atoms with van der Waals surface area (Å²) >= 11 is 0. The molecular weight excluding hydrogens is 196 g/mol. The summed E-state index contributed by atoms with van der Waals surface area (Å²) < 4.78 is 39.2. The van der Waals surface area contributed by atoms with E-state index in [0.29, 0.717) is 4.57 Å². The van der Waals surface area contributed by atoms with Crippen LogP contribution in [0.3, 0.4) is 0 Å². The highest BCUT2D eigenvalue weighted by molar-refractivity contribution is 5.69. The second kappa shape index (κ2) is 3.08. The van der Waals surface area contributed by atoms with E-state index < -0.39 is 24.7 Å². The van der Waals surface area contributed by atoms with Crippen molar-refractivity contribution in [2.45, 2.75) is 13.4 Å². The number of aryl methyl sites for hydroxylation is 2. The van der Waals surface area contributed by atoms with E-state index in [1.807, 2.05) is 0 Å². The van der Waals surface area contributed by atoms with Crippen molar-refractivity contribution in [2.75, 3.05) is 0 Å². The van der Waals surface area contributed by atoms with Gasteiger partial charge in [0, 0.05) is 27.4 Å². The number of rotatable bonds is 1. The molecule has 2 aromatic heterocycles. The first-order valence-corrected chi connectivity index (χ1v) is 4.16. The van der Waals surface area contributed by atoms with Crippen LogP contribution in [0.4, 0.5) is 0 Å². The van der Waals surface area contributed by atoms with Gasteiger partial charge in [0.2, 0.25) is 0 Å². The lowest BCUT2D eigenvalue weighted by Gasteiger charge is -2.05. The fourth-order valence-electron chi connectivity index (χ4n) is 1.41. The Bertz CT molecular complexity index is 792. The van der Waals surface area contributed by atoms with Crippen LogP contribution in [0.5, 0.6) is 0 Å². The lowest BCUT2D eigenvalue weighted by molar-refractivity contribution is 0.635. The molecular formula is C9H12N4O2. The third kappa shape index (κ3) is 1.14. The summed E-state index contributed by atoms with van der Waals surface area (Å²) in [6.07, 6.45) is 1.20. The minimum absolute atomic E-state index is 0.147. The van der Waals surface area contributed by atoms with Crippen LogP contribution >= 0.6 is 0 Å². The van der Waals surface area contributed by atoms with Crippen LogP contribution in [-0.4, -0.2) is 18.7 Å². The second-order valence-corrected chi connectivity index (χ2v) is 3.01. The summed E-state index contributed by atoms with van der Waals surface area (Å²) in [6.45, 7) is -4.20. The topological polar surface area (TPSA) is 61.8 Å². The van der Waals surface area contributed by atoms with Gasteiger partial charge in [0.25, 0.3) is 5.56 Å². The van der Waals surface area contributed by atoms with Crippen molar-refractivity contribution in [3.63, 3.8) is 0 Å². The monoisotopic (exact) mass is 213 g/mol. The van der Waals surface area contributed by atoms with Crippen LogP contribution < -0.4 is 11.2 Å². The Labute approximate surface area is 92.4 Å². The minimum Gasteiger partial charge on any atom is -0.328 e. The number of nitrogens with zero attached hydrogens (tertiary/aromatic N) is 4. The van der Waals surface area contributed by atoms with Gasteiger partial charge < -0.3 is 4.57 Å². The Morgan fingerprint density at radius 1 is 1.60 bits per heavy atom. The number of hydrogen-bond acceptors (Lipinski definition) is 3. The Kier molecular flexibility index (Phi) is 1.09. The summed E-state index contributed by atoms with van der Waals surface area (Å²) in [4.78, 5) is 28.2. The molecule has 6 heteroatoms. The molecule has 0 unspecified atom stereocenters. The van der Waals surface area contributed by atoms with Gasteiger partial charge in [-0.05, 0) is 6.92 Å². The van der Waals surface area contributed by atoms with Gasteiger partial charge in [-0.1, -0.05) is 0 Å². The molecule has 0 saturated heterocycles. The molecule has 15 heavy (non-hydrogen) atoms. The first-order valence-electron chi connectivity index (χ1n) is 6.66. The summed E-state index contributed by atoms with van der Waals surface area (Å²) in [6, 6.07) is 0. The van der Waals surface area contributed by atoms with Gasteiger partial charge in [0.05, 0.1) is 6.33 Å². The second-order valence-electron chi connectivity index (χ2n) is 3.01. The summed E-state index contributed by atoms with van der Waals surface area (Å²) in [5.41, 5.74) is -2.61. The maximum Gasteiger partial charge on any atom is 0.332 e. The number of aromatic nitrogens is 4. The molecule has 0 fully saturated rings. The van der Waals surface area contributed by atoms with E-state index in [2.05, 4.69) is 4.98 Å². The lowest BCUT2D eigenvalue weighted by Crippen LogP contribution is -2.39. The smallest absolute Gasteiger partial charge is 0.328 e. The molecule has 6 nitrogen and oxygen atoms in total. The molecule has 0 N–H and O–H groups in total. The third-order valence-corrected chi connectivity index (χ3v) is 2.14. The summed E-state index contributed by atoms with van der Waals surface area (Å²) in [5, 5.41) is 0. The number of fused-ring (bicyclic) bond motifs is 1. The van der Waals surface area contributed by atoms with Gasteiger partial charge in [-0.3, -0.25) is 13.9 Å². The normalized spacial score (nSPS) is 17.9. The van der Waals surface area contributed by atoms with Crippen LogP contribution in [-0.2, 0) is 20.5 Å². The van der Waals surface area contributed by atoms with Crippen molar-refractivity contribution in [3.05, 3.63) is 27.2 Å². The zero-order valence-corrected chi connectivity index (χ0v) is 8.18. The summed E-state index contributed by atoms with van der Waals surface area (Å²) in [5.74, 6) is 0. The predicted octanol–water partition coefficient (Wildman–Crippen LogP) is -0.546. The predicted molar refractivity (Wildman–Crippen MR) is 55.9 cm³/mol. The maximum atomic E-state index is 12.2. The molecule has 0 saturated carbocycles. The Hall–Kier alpha value is -1.85. The Balaban J connectivity index is 3.16. The Morgan fingerprint density at radius 3 is 2.93 bits per heavy atom. The molecule has 0 spiro atoms. The van der Waals surface area contributed by atoms with E-state index in [1.54, 1.807) is 0 Å². The van der Waals surface area contributed by atoms with E-state index in [0.717, 1.165) is 6.92 Å². The van der Waals surface area contributed by atoms with E-state index in [4.69, 9.17) is 6.85 Å². The average molecular weight is 213 g/mol. The average Bonchev–Trinajstić information content (AvgIpc) is 2.56. The largest absolute Gasteiger partial charge is 0.332 e. The van der Waals surface area contributed by atoms with E-state index in [9.17, 15) is 9.59 Å².